The van der Waals surface area contributed by atoms with Crippen LogP contribution >= 0.6 is 11.6 Å². The Kier molecular flexibility index (Phi) is 5.51. The monoisotopic (exact) mass is 417 g/mol. The van der Waals surface area contributed by atoms with Crippen LogP contribution < -0.4 is 10.6 Å². The first kappa shape index (κ1) is 20.0. The van der Waals surface area contributed by atoms with Crippen molar-refractivity contribution in [2.45, 2.75) is 27.3 Å². The first-order valence-electron chi connectivity index (χ1n) is 9.91. The molecule has 0 aliphatic carbocycles. The molecule has 1 aromatic heterocycles. The molecule has 5 heteroatoms. The molecule has 0 radical (unpaired) electrons. The number of halogens is 1. The summed E-state index contributed by atoms with van der Waals surface area (Å²) in [4.78, 5) is 12.6. The molecule has 4 nitrogen and oxygen atoms in total. The fourth-order valence-corrected chi connectivity index (χ4v) is 4.07. The predicted molar refractivity (Wildman–Crippen MR) is 125 cm³/mol. The van der Waals surface area contributed by atoms with E-state index in [-0.39, 0.29) is 6.03 Å². The number of aryl methyl sites for hydroxylation is 3. The molecule has 152 valence electrons. The molecule has 0 aliphatic rings. The number of carbonyl (C=O) groups excluding carboxylic acids is 1. The Hall–Kier alpha value is -3.24. The third-order valence-corrected chi connectivity index (χ3v) is 5.76. The standard InChI is InChI=1S/C25H24ClN3O/c1-16-8-6-9-17(2)24(16)28-25(30)27-14-20-21(26)11-7-13-23(20)29-15-18(3)19-10-4-5-12-22(19)29/h4-13,15H,14H2,1-3H3,(H2,27,28,30). The van der Waals surface area contributed by atoms with E-state index in [0.29, 0.717) is 11.6 Å². The van der Waals surface area contributed by atoms with Crippen LogP contribution in [0.5, 0.6) is 0 Å². The second-order valence-corrected chi connectivity index (χ2v) is 7.92. The summed E-state index contributed by atoms with van der Waals surface area (Å²) in [6.45, 7) is 6.37. The highest BCUT2D eigenvalue weighted by Crippen LogP contribution is 2.29. The minimum atomic E-state index is -0.258. The molecule has 0 saturated heterocycles. The zero-order chi connectivity index (χ0) is 21.3. The molecule has 4 rings (SSSR count). The van der Waals surface area contributed by atoms with Gasteiger partial charge in [-0.15, -0.1) is 0 Å². The number of aromatic nitrogens is 1. The van der Waals surface area contributed by atoms with Gasteiger partial charge in [-0.25, -0.2) is 4.79 Å². The zero-order valence-electron chi connectivity index (χ0n) is 17.3. The molecule has 30 heavy (non-hydrogen) atoms. The molecular formula is C25H24ClN3O. The third kappa shape index (κ3) is 3.79. The van der Waals surface area contributed by atoms with E-state index in [1.165, 1.54) is 10.9 Å². The van der Waals surface area contributed by atoms with Crippen LogP contribution in [0.25, 0.3) is 16.6 Å². The average Bonchev–Trinajstić information content (AvgIpc) is 3.06. The maximum absolute atomic E-state index is 12.6. The van der Waals surface area contributed by atoms with E-state index in [1.54, 1.807) is 0 Å². The summed E-state index contributed by atoms with van der Waals surface area (Å²) in [6.07, 6.45) is 2.11. The van der Waals surface area contributed by atoms with Crippen LogP contribution in [0.2, 0.25) is 5.02 Å². The number of anilines is 1. The summed E-state index contributed by atoms with van der Waals surface area (Å²) in [5.41, 5.74) is 7.02. The largest absolute Gasteiger partial charge is 0.334 e. The molecule has 0 bridgehead atoms. The first-order valence-corrected chi connectivity index (χ1v) is 10.3. The molecular weight excluding hydrogens is 394 g/mol. The minimum absolute atomic E-state index is 0.258. The average molecular weight is 418 g/mol. The molecule has 2 N–H and O–H groups in total. The Balaban J connectivity index is 1.62. The SMILES string of the molecule is Cc1cccc(C)c1NC(=O)NCc1c(Cl)cccc1-n1cc(C)c2ccccc21. The summed E-state index contributed by atoms with van der Waals surface area (Å²) in [7, 11) is 0. The quantitative estimate of drug-likeness (QED) is 0.389. The Morgan fingerprint density at radius 1 is 0.900 bits per heavy atom. The van der Waals surface area contributed by atoms with Crippen LogP contribution in [0.15, 0.2) is 66.9 Å². The van der Waals surface area contributed by atoms with E-state index >= 15 is 0 Å². The van der Waals surface area contributed by atoms with E-state index in [0.717, 1.165) is 33.6 Å². The van der Waals surface area contributed by atoms with Gasteiger partial charge in [0.25, 0.3) is 0 Å². The second kappa shape index (κ2) is 8.25. The van der Waals surface area contributed by atoms with Crippen molar-refractivity contribution in [1.29, 1.82) is 0 Å². The summed E-state index contributed by atoms with van der Waals surface area (Å²) in [5, 5.41) is 7.74. The summed E-state index contributed by atoms with van der Waals surface area (Å²) in [5.74, 6) is 0. The number of nitrogens with one attached hydrogen (secondary N) is 2. The molecule has 0 atom stereocenters. The second-order valence-electron chi connectivity index (χ2n) is 7.51. The normalized spacial score (nSPS) is 10.9. The molecule has 1 heterocycles. The van der Waals surface area contributed by atoms with Gasteiger partial charge >= 0.3 is 6.03 Å². The molecule has 0 saturated carbocycles. The van der Waals surface area contributed by atoms with Crippen LogP contribution in [0.4, 0.5) is 10.5 Å². The van der Waals surface area contributed by atoms with Crippen molar-refractivity contribution in [1.82, 2.24) is 9.88 Å². The lowest BCUT2D eigenvalue weighted by Crippen LogP contribution is -2.29. The fraction of sp³-hybridized carbons (Fsp3) is 0.160. The van der Waals surface area contributed by atoms with Gasteiger partial charge < -0.3 is 15.2 Å². The molecule has 0 spiro atoms. The summed E-state index contributed by atoms with van der Waals surface area (Å²) >= 11 is 6.55. The number of fused-ring (bicyclic) bond motifs is 1. The van der Waals surface area contributed by atoms with E-state index in [1.807, 2.05) is 62.4 Å². The van der Waals surface area contributed by atoms with Gasteiger partial charge in [0, 0.05) is 34.4 Å². The number of hydrogen-bond donors (Lipinski definition) is 2. The highest BCUT2D eigenvalue weighted by Gasteiger charge is 2.14. The minimum Gasteiger partial charge on any atom is -0.334 e. The van der Waals surface area contributed by atoms with Crippen molar-refractivity contribution in [2.24, 2.45) is 0 Å². The van der Waals surface area contributed by atoms with Crippen molar-refractivity contribution in [3.8, 4) is 5.69 Å². The highest BCUT2D eigenvalue weighted by atomic mass is 35.5. The van der Waals surface area contributed by atoms with Crippen molar-refractivity contribution < 1.29 is 4.79 Å². The van der Waals surface area contributed by atoms with E-state index in [9.17, 15) is 4.79 Å². The van der Waals surface area contributed by atoms with E-state index in [2.05, 4.69) is 40.5 Å². The molecule has 3 aromatic carbocycles. The third-order valence-electron chi connectivity index (χ3n) is 5.41. The highest BCUT2D eigenvalue weighted by molar-refractivity contribution is 6.31. The van der Waals surface area contributed by atoms with Gasteiger partial charge in [-0.2, -0.15) is 0 Å². The van der Waals surface area contributed by atoms with Crippen LogP contribution in [-0.4, -0.2) is 10.6 Å². The zero-order valence-corrected chi connectivity index (χ0v) is 18.0. The smallest absolute Gasteiger partial charge is 0.319 e. The van der Waals surface area contributed by atoms with Crippen molar-refractivity contribution in [3.05, 3.63) is 94.1 Å². The number of hydrogen-bond acceptors (Lipinski definition) is 1. The lowest BCUT2D eigenvalue weighted by atomic mass is 10.1. The Labute approximate surface area is 181 Å². The topological polar surface area (TPSA) is 46.1 Å². The summed E-state index contributed by atoms with van der Waals surface area (Å²) in [6, 6.07) is 19.8. The molecule has 4 aromatic rings. The van der Waals surface area contributed by atoms with Gasteiger partial charge in [-0.1, -0.05) is 54.1 Å². The first-order chi connectivity index (χ1) is 14.5. The van der Waals surface area contributed by atoms with Gasteiger partial charge in [-0.3, -0.25) is 0 Å². The number of nitrogens with zero attached hydrogens (tertiary/aromatic N) is 1. The lowest BCUT2D eigenvalue weighted by Gasteiger charge is -2.16. The van der Waals surface area contributed by atoms with E-state index in [4.69, 9.17) is 11.6 Å². The maximum atomic E-state index is 12.6. The van der Waals surface area contributed by atoms with Gasteiger partial charge in [0.15, 0.2) is 0 Å². The number of amides is 2. The molecule has 0 unspecified atom stereocenters. The fourth-order valence-electron chi connectivity index (χ4n) is 3.84. The van der Waals surface area contributed by atoms with Crippen molar-refractivity contribution in [3.63, 3.8) is 0 Å². The Morgan fingerprint density at radius 3 is 2.37 bits per heavy atom. The number of rotatable bonds is 4. The van der Waals surface area contributed by atoms with Crippen LogP contribution in [0.1, 0.15) is 22.3 Å². The number of urea groups is 1. The predicted octanol–water partition coefficient (Wildman–Crippen LogP) is 6.53. The molecule has 0 fully saturated rings. The number of benzene rings is 3. The van der Waals surface area contributed by atoms with Gasteiger partial charge in [0.1, 0.15) is 0 Å². The van der Waals surface area contributed by atoms with Crippen LogP contribution in [0.3, 0.4) is 0 Å². The van der Waals surface area contributed by atoms with Gasteiger partial charge in [0.05, 0.1) is 11.2 Å². The number of para-hydroxylation sites is 2. The van der Waals surface area contributed by atoms with Crippen LogP contribution in [0, 0.1) is 20.8 Å². The van der Waals surface area contributed by atoms with Crippen molar-refractivity contribution in [2.75, 3.05) is 5.32 Å². The van der Waals surface area contributed by atoms with Crippen molar-refractivity contribution >= 4 is 34.2 Å². The lowest BCUT2D eigenvalue weighted by molar-refractivity contribution is 0.251. The number of carbonyl (C=O) groups is 1. The van der Waals surface area contributed by atoms with Gasteiger partial charge in [0.2, 0.25) is 0 Å². The maximum Gasteiger partial charge on any atom is 0.319 e. The Bertz CT molecular complexity index is 1220. The summed E-state index contributed by atoms with van der Waals surface area (Å²) < 4.78 is 2.14. The Morgan fingerprint density at radius 2 is 1.60 bits per heavy atom. The van der Waals surface area contributed by atoms with Crippen LogP contribution in [-0.2, 0) is 6.54 Å². The van der Waals surface area contributed by atoms with E-state index < -0.39 is 0 Å². The molecule has 2 amide bonds. The van der Waals surface area contributed by atoms with Gasteiger partial charge in [-0.05, 0) is 55.7 Å². The molecule has 0 aliphatic heterocycles.